The first-order valence-electron chi connectivity index (χ1n) is 10.6. The Labute approximate surface area is 205 Å². The van der Waals surface area contributed by atoms with Crippen LogP contribution >= 0.6 is 12.2 Å². The van der Waals surface area contributed by atoms with E-state index in [0.717, 1.165) is 11.1 Å². The Morgan fingerprint density at radius 3 is 2.15 bits per heavy atom. The third-order valence-corrected chi connectivity index (χ3v) is 6.43. The molecule has 1 amide bonds. The molecule has 0 aliphatic heterocycles. The zero-order valence-electron chi connectivity index (χ0n) is 19.4. The molecule has 0 unspecified atom stereocenters. The molecule has 34 heavy (non-hydrogen) atoms. The van der Waals surface area contributed by atoms with Gasteiger partial charge in [-0.15, -0.1) is 0 Å². The van der Waals surface area contributed by atoms with Crippen LogP contribution in [0.1, 0.15) is 35.3 Å². The highest BCUT2D eigenvalue weighted by atomic mass is 32.2. The molecule has 9 heteroatoms. The van der Waals surface area contributed by atoms with Crippen LogP contribution in [0.15, 0.2) is 71.6 Å². The number of anilines is 2. The van der Waals surface area contributed by atoms with Crippen LogP contribution in [0.2, 0.25) is 0 Å². The number of rotatable bonds is 7. The van der Waals surface area contributed by atoms with Crippen molar-refractivity contribution < 1.29 is 17.9 Å². The lowest BCUT2D eigenvalue weighted by molar-refractivity contribution is 0.0972. The second-order valence-electron chi connectivity index (χ2n) is 7.97. The maximum absolute atomic E-state index is 12.8. The number of thiocarbonyl (C=S) groups is 1. The quantitative estimate of drug-likeness (QED) is 0.397. The van der Waals surface area contributed by atoms with Crippen molar-refractivity contribution in [1.29, 1.82) is 0 Å². The van der Waals surface area contributed by atoms with Gasteiger partial charge in [-0.2, -0.15) is 0 Å². The fraction of sp³-hybridized carbons (Fsp3) is 0.200. The average Bonchev–Trinajstić information content (AvgIpc) is 2.76. The monoisotopic (exact) mass is 497 g/mol. The van der Waals surface area contributed by atoms with Crippen molar-refractivity contribution in [3.8, 4) is 5.75 Å². The summed E-state index contributed by atoms with van der Waals surface area (Å²) in [6, 6.07) is 18.6. The van der Waals surface area contributed by atoms with Gasteiger partial charge in [-0.3, -0.25) is 14.8 Å². The lowest BCUT2D eigenvalue weighted by Gasteiger charge is -2.15. The maximum Gasteiger partial charge on any atom is 0.261 e. The molecule has 0 atom stereocenters. The van der Waals surface area contributed by atoms with E-state index in [2.05, 4.69) is 15.4 Å². The van der Waals surface area contributed by atoms with Gasteiger partial charge in [0.1, 0.15) is 5.75 Å². The molecule has 0 aromatic heterocycles. The minimum absolute atomic E-state index is 0.0774. The lowest BCUT2D eigenvalue weighted by atomic mass is 10.1. The number of sulfonamides is 1. The second-order valence-corrected chi connectivity index (χ2v) is 10.1. The lowest BCUT2D eigenvalue weighted by Crippen LogP contribution is -2.34. The number of nitrogens with one attached hydrogen (secondary N) is 3. The predicted octanol–water partition coefficient (Wildman–Crippen LogP) is 5.02. The zero-order valence-corrected chi connectivity index (χ0v) is 21.0. The SMILES string of the molecule is Cc1cccc(C)c1NS(=O)(=O)c1ccc(NC(=S)NC(=O)c2ccccc2OC(C)C)cc1. The molecule has 178 valence electrons. The number of amides is 1. The minimum atomic E-state index is -3.77. The highest BCUT2D eigenvalue weighted by molar-refractivity contribution is 7.92. The van der Waals surface area contributed by atoms with Crippen molar-refractivity contribution in [2.75, 3.05) is 10.0 Å². The first-order chi connectivity index (χ1) is 16.1. The molecule has 7 nitrogen and oxygen atoms in total. The molecule has 0 bridgehead atoms. The van der Waals surface area contributed by atoms with E-state index in [1.165, 1.54) is 12.1 Å². The molecule has 0 heterocycles. The second kappa shape index (κ2) is 10.7. The van der Waals surface area contributed by atoms with Gasteiger partial charge in [-0.05, 0) is 87.4 Å². The molecule has 0 fully saturated rings. The van der Waals surface area contributed by atoms with E-state index < -0.39 is 15.9 Å². The van der Waals surface area contributed by atoms with Gasteiger partial charge in [0.2, 0.25) is 0 Å². The summed E-state index contributed by atoms with van der Waals surface area (Å²) in [6.45, 7) is 7.45. The van der Waals surface area contributed by atoms with E-state index in [0.29, 0.717) is 22.7 Å². The van der Waals surface area contributed by atoms with Gasteiger partial charge >= 0.3 is 0 Å². The van der Waals surface area contributed by atoms with E-state index in [4.69, 9.17) is 17.0 Å². The maximum atomic E-state index is 12.8. The fourth-order valence-electron chi connectivity index (χ4n) is 3.23. The van der Waals surface area contributed by atoms with Gasteiger partial charge in [-0.1, -0.05) is 30.3 Å². The van der Waals surface area contributed by atoms with Crippen LogP contribution in [-0.4, -0.2) is 25.5 Å². The Hall–Kier alpha value is -3.43. The van der Waals surface area contributed by atoms with Crippen molar-refractivity contribution in [3.05, 3.63) is 83.4 Å². The van der Waals surface area contributed by atoms with E-state index in [1.54, 1.807) is 36.4 Å². The highest BCUT2D eigenvalue weighted by Crippen LogP contribution is 2.24. The number of para-hydroxylation sites is 2. The van der Waals surface area contributed by atoms with Crippen molar-refractivity contribution in [2.24, 2.45) is 0 Å². The molecule has 0 saturated heterocycles. The summed E-state index contributed by atoms with van der Waals surface area (Å²) < 4.78 is 34.0. The minimum Gasteiger partial charge on any atom is -0.490 e. The van der Waals surface area contributed by atoms with E-state index in [9.17, 15) is 13.2 Å². The Balaban J connectivity index is 1.67. The molecule has 0 aliphatic rings. The van der Waals surface area contributed by atoms with E-state index in [-0.39, 0.29) is 16.1 Å². The summed E-state index contributed by atoms with van der Waals surface area (Å²) in [7, 11) is -3.77. The normalized spacial score (nSPS) is 11.1. The van der Waals surface area contributed by atoms with Gasteiger partial charge in [0, 0.05) is 5.69 Å². The predicted molar refractivity (Wildman–Crippen MR) is 139 cm³/mol. The van der Waals surface area contributed by atoms with E-state index in [1.807, 2.05) is 45.9 Å². The topological polar surface area (TPSA) is 96.5 Å². The summed E-state index contributed by atoms with van der Waals surface area (Å²) in [5.41, 5.74) is 3.13. The van der Waals surface area contributed by atoms with Gasteiger partial charge in [0.15, 0.2) is 5.11 Å². The number of ether oxygens (including phenoxy) is 1. The number of aryl methyl sites for hydroxylation is 2. The summed E-state index contributed by atoms with van der Waals surface area (Å²) in [6.07, 6.45) is -0.0852. The highest BCUT2D eigenvalue weighted by Gasteiger charge is 2.17. The molecular weight excluding hydrogens is 470 g/mol. The van der Waals surface area contributed by atoms with Crippen molar-refractivity contribution in [3.63, 3.8) is 0 Å². The molecule has 3 rings (SSSR count). The first-order valence-corrected chi connectivity index (χ1v) is 12.5. The van der Waals surface area contributed by atoms with Crippen LogP contribution in [0.4, 0.5) is 11.4 Å². The Morgan fingerprint density at radius 2 is 1.53 bits per heavy atom. The first kappa shape index (κ1) is 25.2. The van der Waals surface area contributed by atoms with Crippen LogP contribution in [0.25, 0.3) is 0 Å². The molecule has 0 saturated carbocycles. The smallest absolute Gasteiger partial charge is 0.261 e. The third kappa shape index (κ3) is 6.33. The number of carbonyl (C=O) groups is 1. The molecular formula is C25H27N3O4S2. The molecule has 3 aromatic rings. The summed E-state index contributed by atoms with van der Waals surface area (Å²) in [5, 5.41) is 5.59. The average molecular weight is 498 g/mol. The third-order valence-electron chi connectivity index (χ3n) is 4.86. The van der Waals surface area contributed by atoms with Gasteiger partial charge in [0.25, 0.3) is 15.9 Å². The molecule has 0 radical (unpaired) electrons. The fourth-order valence-corrected chi connectivity index (χ4v) is 4.64. The Bertz CT molecular complexity index is 1280. The van der Waals surface area contributed by atoms with E-state index >= 15 is 0 Å². The van der Waals surface area contributed by atoms with Gasteiger partial charge in [-0.25, -0.2) is 8.42 Å². The number of hydrogen-bond acceptors (Lipinski definition) is 5. The van der Waals surface area contributed by atoms with Gasteiger partial charge in [0.05, 0.1) is 22.3 Å². The van der Waals surface area contributed by atoms with Crippen molar-refractivity contribution >= 4 is 44.6 Å². The van der Waals surface area contributed by atoms with Crippen LogP contribution in [0, 0.1) is 13.8 Å². The Morgan fingerprint density at radius 1 is 0.912 bits per heavy atom. The zero-order chi connectivity index (χ0) is 24.9. The molecule has 3 aromatic carbocycles. The summed E-state index contributed by atoms with van der Waals surface area (Å²) in [5.74, 6) is 0.0505. The summed E-state index contributed by atoms with van der Waals surface area (Å²) in [4.78, 5) is 12.8. The van der Waals surface area contributed by atoms with Crippen LogP contribution in [-0.2, 0) is 10.0 Å². The van der Waals surface area contributed by atoms with Gasteiger partial charge < -0.3 is 10.1 Å². The molecule has 3 N–H and O–H groups in total. The standard InChI is InChI=1S/C25H27N3O4S2/c1-16(2)32-22-11-6-5-10-21(22)24(29)27-25(33)26-19-12-14-20(15-13-19)34(30,31)28-23-17(3)8-7-9-18(23)4/h5-16,28H,1-4H3,(H2,26,27,29,33). The largest absolute Gasteiger partial charge is 0.490 e. The number of benzene rings is 3. The number of carbonyl (C=O) groups excluding carboxylic acids is 1. The van der Waals surface area contributed by atoms with Crippen molar-refractivity contribution in [1.82, 2.24) is 5.32 Å². The Kier molecular flexibility index (Phi) is 7.90. The summed E-state index contributed by atoms with van der Waals surface area (Å²) >= 11 is 5.25. The van der Waals surface area contributed by atoms with Crippen LogP contribution in [0.5, 0.6) is 5.75 Å². The van der Waals surface area contributed by atoms with Crippen LogP contribution in [0.3, 0.4) is 0 Å². The van der Waals surface area contributed by atoms with Crippen LogP contribution < -0.4 is 20.1 Å². The number of hydrogen-bond donors (Lipinski definition) is 3. The molecule has 0 aliphatic carbocycles. The van der Waals surface area contributed by atoms with Crippen molar-refractivity contribution in [2.45, 2.75) is 38.7 Å². The molecule has 0 spiro atoms.